The summed E-state index contributed by atoms with van der Waals surface area (Å²) in [4.78, 5) is 15.9. The molecule has 0 unspecified atom stereocenters. The van der Waals surface area contributed by atoms with Gasteiger partial charge in [0.15, 0.2) is 12.4 Å². The van der Waals surface area contributed by atoms with Crippen molar-refractivity contribution in [3.8, 4) is 5.75 Å². The summed E-state index contributed by atoms with van der Waals surface area (Å²) in [6.45, 7) is 0.168. The zero-order valence-corrected chi connectivity index (χ0v) is 11.6. The number of imidazole rings is 1. The number of benzene rings is 1. The summed E-state index contributed by atoms with van der Waals surface area (Å²) in [7, 11) is 0. The number of halogens is 1. The number of hydrogen-bond donors (Lipinski definition) is 0. The van der Waals surface area contributed by atoms with E-state index in [9.17, 15) is 4.79 Å². The molecule has 0 aliphatic carbocycles. The maximum atomic E-state index is 12.0. The van der Waals surface area contributed by atoms with Crippen LogP contribution in [-0.4, -0.2) is 25.2 Å². The summed E-state index contributed by atoms with van der Waals surface area (Å²) in [5.41, 5.74) is 0.316. The maximum absolute atomic E-state index is 12.0. The number of rotatable bonds is 4. The van der Waals surface area contributed by atoms with Crippen LogP contribution in [0.3, 0.4) is 0 Å². The molecule has 0 radical (unpaired) electrons. The van der Waals surface area contributed by atoms with Gasteiger partial charge in [0, 0.05) is 18.6 Å². The maximum Gasteiger partial charge on any atom is 0.283 e. The van der Waals surface area contributed by atoms with Gasteiger partial charge in [-0.1, -0.05) is 23.7 Å². The zero-order valence-electron chi connectivity index (χ0n) is 10.9. The van der Waals surface area contributed by atoms with Crippen molar-refractivity contribution >= 4 is 17.5 Å². The molecule has 6 nitrogen and oxygen atoms in total. The van der Waals surface area contributed by atoms with Gasteiger partial charge in [-0.3, -0.25) is 9.36 Å². The molecule has 0 saturated carbocycles. The number of para-hydroxylation sites is 1. The highest BCUT2D eigenvalue weighted by molar-refractivity contribution is 6.32. The third-order valence-electron chi connectivity index (χ3n) is 2.79. The summed E-state index contributed by atoms with van der Waals surface area (Å²) >= 11 is 5.99. The van der Waals surface area contributed by atoms with Gasteiger partial charge in [0.1, 0.15) is 12.1 Å². The molecule has 1 aromatic carbocycles. The number of carbonyl (C=O) groups is 1. The normalized spacial score (nSPS) is 10.5. The van der Waals surface area contributed by atoms with Crippen LogP contribution in [-0.2, 0) is 6.73 Å². The van der Waals surface area contributed by atoms with Crippen LogP contribution in [0.25, 0.3) is 0 Å². The van der Waals surface area contributed by atoms with Crippen LogP contribution < -0.4 is 4.74 Å². The number of carbonyl (C=O) groups excluding carboxylic acids is 1. The van der Waals surface area contributed by atoms with Gasteiger partial charge in [-0.25, -0.2) is 9.67 Å². The Labute approximate surface area is 125 Å². The Morgan fingerprint density at radius 2 is 2.10 bits per heavy atom. The molecule has 7 heteroatoms. The number of nitrogens with zero attached hydrogens (tertiary/aromatic N) is 4. The smallest absolute Gasteiger partial charge is 0.283 e. The van der Waals surface area contributed by atoms with E-state index in [-0.39, 0.29) is 12.6 Å². The first-order valence-electron chi connectivity index (χ1n) is 6.17. The third kappa shape index (κ3) is 2.95. The molecular formula is C14H11ClN4O2. The van der Waals surface area contributed by atoms with Gasteiger partial charge >= 0.3 is 0 Å². The topological polar surface area (TPSA) is 61.9 Å². The summed E-state index contributed by atoms with van der Waals surface area (Å²) in [5, 5.41) is 4.69. The molecule has 3 aromatic rings. The Morgan fingerprint density at radius 1 is 1.24 bits per heavy atom. The molecule has 0 bridgehead atoms. The lowest BCUT2D eigenvalue weighted by Crippen LogP contribution is -2.12. The Morgan fingerprint density at radius 3 is 2.86 bits per heavy atom. The molecule has 2 aromatic heterocycles. The van der Waals surface area contributed by atoms with Crippen LogP contribution in [0.2, 0.25) is 5.02 Å². The molecule has 3 rings (SSSR count). The summed E-state index contributed by atoms with van der Waals surface area (Å²) in [5.74, 6) is 0.321. The first-order chi connectivity index (χ1) is 10.2. The molecule has 0 aliphatic rings. The van der Waals surface area contributed by atoms with E-state index in [1.165, 1.54) is 21.8 Å². The Kier molecular flexibility index (Phi) is 3.70. The first-order valence-corrected chi connectivity index (χ1v) is 6.55. The van der Waals surface area contributed by atoms with Gasteiger partial charge in [0.05, 0.1) is 5.02 Å². The Balaban J connectivity index is 1.68. The highest BCUT2D eigenvalue weighted by Gasteiger charge is 2.11. The molecule has 0 fully saturated rings. The average molecular weight is 303 g/mol. The Bertz CT molecular complexity index is 752. The molecular weight excluding hydrogens is 292 g/mol. The predicted molar refractivity (Wildman–Crippen MR) is 76.3 cm³/mol. The zero-order chi connectivity index (χ0) is 14.7. The van der Waals surface area contributed by atoms with E-state index in [2.05, 4.69) is 10.1 Å². The second-order valence-electron chi connectivity index (χ2n) is 4.22. The van der Waals surface area contributed by atoms with Gasteiger partial charge in [0.25, 0.3) is 5.91 Å². The minimum atomic E-state index is -0.246. The Hall–Kier alpha value is -2.60. The van der Waals surface area contributed by atoms with Crippen molar-refractivity contribution in [2.75, 3.05) is 0 Å². The molecule has 0 N–H and O–H groups in total. The van der Waals surface area contributed by atoms with Crippen LogP contribution in [0.1, 0.15) is 10.5 Å². The van der Waals surface area contributed by atoms with Crippen molar-refractivity contribution < 1.29 is 9.53 Å². The lowest BCUT2D eigenvalue weighted by atomic mass is 10.3. The molecule has 106 valence electrons. The van der Waals surface area contributed by atoms with Crippen LogP contribution >= 0.6 is 11.6 Å². The van der Waals surface area contributed by atoms with Gasteiger partial charge < -0.3 is 4.74 Å². The standard InChI is InChI=1S/C14H11ClN4O2/c15-11-3-1-2-4-13(11)21-10-19-7-5-12(17-19)14(20)18-8-6-16-9-18/h1-9H,10H2. The van der Waals surface area contributed by atoms with Crippen LogP contribution in [0.4, 0.5) is 0 Å². The molecule has 0 aliphatic heterocycles. The SMILES string of the molecule is O=C(c1ccn(COc2ccccc2Cl)n1)n1ccnc1. The molecule has 0 amide bonds. The lowest BCUT2D eigenvalue weighted by molar-refractivity contribution is 0.0952. The van der Waals surface area contributed by atoms with Crippen molar-refractivity contribution in [3.05, 3.63) is 66.0 Å². The molecule has 2 heterocycles. The molecule has 0 spiro atoms. The van der Waals surface area contributed by atoms with Crippen molar-refractivity contribution in [3.63, 3.8) is 0 Å². The van der Waals surface area contributed by atoms with E-state index in [0.29, 0.717) is 16.5 Å². The highest BCUT2D eigenvalue weighted by atomic mass is 35.5. The molecule has 21 heavy (non-hydrogen) atoms. The lowest BCUT2D eigenvalue weighted by Gasteiger charge is -2.07. The van der Waals surface area contributed by atoms with Crippen molar-refractivity contribution in [2.24, 2.45) is 0 Å². The summed E-state index contributed by atoms with van der Waals surface area (Å²) in [6.07, 6.45) is 6.21. The average Bonchev–Trinajstić information content (AvgIpc) is 3.17. The molecule has 0 atom stereocenters. The van der Waals surface area contributed by atoms with Crippen LogP contribution in [0.5, 0.6) is 5.75 Å². The van der Waals surface area contributed by atoms with E-state index in [1.807, 2.05) is 12.1 Å². The summed E-state index contributed by atoms with van der Waals surface area (Å²) < 4.78 is 8.43. The minimum absolute atomic E-state index is 0.168. The van der Waals surface area contributed by atoms with Crippen LogP contribution in [0, 0.1) is 0 Å². The third-order valence-corrected chi connectivity index (χ3v) is 3.10. The van der Waals surface area contributed by atoms with E-state index in [1.54, 1.807) is 30.6 Å². The number of hydrogen-bond acceptors (Lipinski definition) is 4. The van der Waals surface area contributed by atoms with Gasteiger partial charge in [0.2, 0.25) is 0 Å². The fraction of sp³-hybridized carbons (Fsp3) is 0.0714. The van der Waals surface area contributed by atoms with E-state index < -0.39 is 0 Å². The first kappa shape index (κ1) is 13.4. The van der Waals surface area contributed by atoms with Crippen LogP contribution in [0.15, 0.2) is 55.2 Å². The molecule has 0 saturated heterocycles. The monoisotopic (exact) mass is 302 g/mol. The highest BCUT2D eigenvalue weighted by Crippen LogP contribution is 2.23. The van der Waals surface area contributed by atoms with E-state index in [4.69, 9.17) is 16.3 Å². The van der Waals surface area contributed by atoms with E-state index in [0.717, 1.165) is 0 Å². The van der Waals surface area contributed by atoms with Gasteiger partial charge in [-0.05, 0) is 18.2 Å². The second kappa shape index (κ2) is 5.80. The van der Waals surface area contributed by atoms with Crippen molar-refractivity contribution in [1.82, 2.24) is 19.3 Å². The fourth-order valence-corrected chi connectivity index (χ4v) is 1.95. The second-order valence-corrected chi connectivity index (χ2v) is 4.63. The van der Waals surface area contributed by atoms with Crippen molar-refractivity contribution in [1.29, 1.82) is 0 Å². The number of aromatic nitrogens is 4. The minimum Gasteiger partial charge on any atom is -0.470 e. The van der Waals surface area contributed by atoms with Gasteiger partial charge in [-0.2, -0.15) is 5.10 Å². The largest absolute Gasteiger partial charge is 0.470 e. The number of ether oxygens (including phenoxy) is 1. The van der Waals surface area contributed by atoms with Gasteiger partial charge in [-0.15, -0.1) is 0 Å². The van der Waals surface area contributed by atoms with E-state index >= 15 is 0 Å². The summed E-state index contributed by atoms with van der Waals surface area (Å²) in [6, 6.07) is 8.79. The van der Waals surface area contributed by atoms with Crippen molar-refractivity contribution in [2.45, 2.75) is 6.73 Å². The fourth-order valence-electron chi connectivity index (χ4n) is 1.76. The predicted octanol–water partition coefficient (Wildman–Crippen LogP) is 2.46. The quantitative estimate of drug-likeness (QED) is 0.742.